The Morgan fingerprint density at radius 1 is 0.918 bits per heavy atom. The van der Waals surface area contributed by atoms with Gasteiger partial charge in [-0.25, -0.2) is 19.1 Å². The number of hydrogen-bond donors (Lipinski definition) is 1. The zero-order valence-electron chi connectivity index (χ0n) is 33.8. The molecule has 6 heterocycles. The van der Waals surface area contributed by atoms with Crippen molar-refractivity contribution in [2.75, 3.05) is 49.8 Å². The molecule has 2 saturated heterocycles. The summed E-state index contributed by atoms with van der Waals surface area (Å²) in [4.78, 5) is 81.3. The van der Waals surface area contributed by atoms with E-state index in [1.165, 1.54) is 22.1 Å². The van der Waals surface area contributed by atoms with Crippen molar-refractivity contribution in [3.63, 3.8) is 0 Å². The molecule has 10 rings (SSSR count). The Morgan fingerprint density at radius 3 is 2.43 bits per heavy atom. The fraction of sp³-hybridized carbons (Fsp3) is 0.356. The molecule has 0 unspecified atom stereocenters. The number of ether oxygens (including phenoxy) is 2. The van der Waals surface area contributed by atoms with Crippen LogP contribution in [0.3, 0.4) is 0 Å². The Labute approximate surface area is 349 Å². The third-order valence-electron chi connectivity index (χ3n) is 12.8. The topological polar surface area (TPSA) is 178 Å². The zero-order valence-corrected chi connectivity index (χ0v) is 33.8. The highest BCUT2D eigenvalue weighted by molar-refractivity contribution is 6.05. The predicted molar refractivity (Wildman–Crippen MR) is 223 cm³/mol. The number of carbonyl (C=O) groups excluding carboxylic acids is 3. The first kappa shape index (κ1) is 38.4. The van der Waals surface area contributed by atoms with E-state index in [1.54, 1.807) is 34.1 Å². The normalized spacial score (nSPS) is 20.3. The molecule has 3 amide bonds. The summed E-state index contributed by atoms with van der Waals surface area (Å²) in [7, 11) is 1.32. The highest BCUT2D eigenvalue weighted by atomic mass is 16.5. The van der Waals surface area contributed by atoms with Crippen LogP contribution in [-0.2, 0) is 39.2 Å². The molecule has 0 radical (unpaired) electrons. The van der Waals surface area contributed by atoms with Gasteiger partial charge in [0.05, 0.1) is 31.5 Å². The lowest BCUT2D eigenvalue weighted by Gasteiger charge is -2.31. The van der Waals surface area contributed by atoms with E-state index in [1.807, 2.05) is 41.0 Å². The Bertz CT molecular complexity index is 2840. The minimum absolute atomic E-state index is 0.00527. The summed E-state index contributed by atoms with van der Waals surface area (Å²) in [5.74, 6) is -0.533. The fourth-order valence-electron chi connectivity index (χ4n) is 9.52. The van der Waals surface area contributed by atoms with Crippen molar-refractivity contribution in [2.24, 2.45) is 5.92 Å². The van der Waals surface area contributed by atoms with Gasteiger partial charge in [0.25, 0.3) is 11.5 Å². The van der Waals surface area contributed by atoms with Crippen molar-refractivity contribution in [1.82, 2.24) is 29.2 Å². The maximum Gasteiger partial charge on any atom is 0.438 e. The smallest absolute Gasteiger partial charge is 0.438 e. The molecule has 61 heavy (non-hydrogen) atoms. The SMILES string of the molecule is COC(=O)Cc1cccc(-n2c(N3CCN(c4ccccc4)C3=O)nc3c(c2=O)CCN(C(=O)c2cc4cc(C5CCOCC5)ccc4n2[C@@]2(c4noc(=O)[nH]4)C[C@@H]2C)C3)c1. The van der Waals surface area contributed by atoms with Crippen molar-refractivity contribution in [3.8, 4) is 5.69 Å². The zero-order chi connectivity index (χ0) is 42.0. The second-order valence-electron chi connectivity index (χ2n) is 16.3. The van der Waals surface area contributed by atoms with E-state index < -0.39 is 17.3 Å². The number of aromatic nitrogens is 5. The number of carbonyl (C=O) groups is 3. The molecule has 0 bridgehead atoms. The number of H-pyrrole nitrogens is 1. The number of esters is 1. The largest absolute Gasteiger partial charge is 0.469 e. The first-order valence-electron chi connectivity index (χ1n) is 20.7. The molecule has 3 aliphatic heterocycles. The molecule has 4 aliphatic rings. The molecule has 6 aromatic rings. The minimum Gasteiger partial charge on any atom is -0.469 e. The van der Waals surface area contributed by atoms with E-state index in [4.69, 9.17) is 19.0 Å². The lowest BCUT2D eigenvalue weighted by atomic mass is 9.91. The number of urea groups is 1. The van der Waals surface area contributed by atoms with Crippen LogP contribution in [-0.4, -0.2) is 87.0 Å². The monoisotopic (exact) mass is 824 g/mol. The van der Waals surface area contributed by atoms with Crippen LogP contribution in [0.2, 0.25) is 0 Å². The van der Waals surface area contributed by atoms with Gasteiger partial charge >= 0.3 is 17.8 Å². The number of nitrogens with zero attached hydrogens (tertiary/aromatic N) is 7. The number of amides is 3. The van der Waals surface area contributed by atoms with Crippen molar-refractivity contribution in [3.05, 3.63) is 134 Å². The number of nitrogens with one attached hydrogen (secondary N) is 1. The molecule has 16 nitrogen and oxygen atoms in total. The summed E-state index contributed by atoms with van der Waals surface area (Å²) in [5.41, 5.74) is 3.86. The Balaban J connectivity index is 1.06. The third kappa shape index (κ3) is 6.52. The quantitative estimate of drug-likeness (QED) is 0.197. The number of methoxy groups -OCH3 is 1. The van der Waals surface area contributed by atoms with Crippen LogP contribution >= 0.6 is 0 Å². The van der Waals surface area contributed by atoms with Gasteiger partial charge in [-0.2, -0.15) is 0 Å². The first-order chi connectivity index (χ1) is 29.6. The summed E-state index contributed by atoms with van der Waals surface area (Å²) < 4.78 is 19.0. The average Bonchev–Trinajstić information content (AvgIpc) is 3.61. The Morgan fingerprint density at radius 2 is 1.69 bits per heavy atom. The van der Waals surface area contributed by atoms with Crippen LogP contribution in [0.15, 0.2) is 93.0 Å². The molecule has 1 aliphatic carbocycles. The van der Waals surface area contributed by atoms with E-state index >= 15 is 4.79 Å². The molecule has 3 aromatic carbocycles. The maximum atomic E-state index is 15.1. The average molecular weight is 825 g/mol. The van der Waals surface area contributed by atoms with Crippen LogP contribution in [0.25, 0.3) is 16.6 Å². The summed E-state index contributed by atoms with van der Waals surface area (Å²) in [5, 5.41) is 5.02. The third-order valence-corrected chi connectivity index (χ3v) is 12.8. The molecular formula is C45H44N8O8. The van der Waals surface area contributed by atoms with Gasteiger partial charge < -0.3 is 18.9 Å². The van der Waals surface area contributed by atoms with Gasteiger partial charge in [0, 0.05) is 55.0 Å². The molecule has 16 heteroatoms. The number of aromatic amines is 1. The Kier molecular flexibility index (Phi) is 9.46. The first-order valence-corrected chi connectivity index (χ1v) is 20.7. The van der Waals surface area contributed by atoms with Gasteiger partial charge in [0.1, 0.15) is 11.2 Å². The number of para-hydroxylation sites is 1. The summed E-state index contributed by atoms with van der Waals surface area (Å²) in [6.45, 7) is 4.31. The number of benzene rings is 3. The van der Waals surface area contributed by atoms with Crippen molar-refractivity contribution < 1.29 is 28.4 Å². The molecule has 312 valence electrons. The van der Waals surface area contributed by atoms with Crippen molar-refractivity contribution >= 4 is 40.4 Å². The fourth-order valence-corrected chi connectivity index (χ4v) is 9.52. The number of anilines is 2. The molecule has 3 fully saturated rings. The van der Waals surface area contributed by atoms with E-state index in [2.05, 4.69) is 35.3 Å². The Hall–Kier alpha value is -6.81. The highest BCUT2D eigenvalue weighted by Crippen LogP contribution is 2.56. The number of hydrogen-bond acceptors (Lipinski definition) is 10. The van der Waals surface area contributed by atoms with Gasteiger partial charge in [0.2, 0.25) is 5.95 Å². The van der Waals surface area contributed by atoms with Gasteiger partial charge in [-0.15, -0.1) is 0 Å². The van der Waals surface area contributed by atoms with Crippen molar-refractivity contribution in [2.45, 2.75) is 57.0 Å². The number of rotatable bonds is 9. The van der Waals surface area contributed by atoms with Crippen LogP contribution in [0.1, 0.15) is 70.8 Å². The molecule has 1 saturated carbocycles. The van der Waals surface area contributed by atoms with Gasteiger partial charge in [-0.1, -0.05) is 48.5 Å². The number of fused-ring (bicyclic) bond motifs is 2. The molecule has 2 atom stereocenters. The lowest BCUT2D eigenvalue weighted by Crippen LogP contribution is -2.43. The minimum atomic E-state index is -0.824. The van der Waals surface area contributed by atoms with Crippen molar-refractivity contribution in [1.29, 1.82) is 0 Å². The molecule has 1 N–H and O–H groups in total. The van der Waals surface area contributed by atoms with E-state index in [0.29, 0.717) is 71.8 Å². The van der Waals surface area contributed by atoms with Crippen LogP contribution in [0, 0.1) is 5.92 Å². The van der Waals surface area contributed by atoms with Crippen LogP contribution in [0.4, 0.5) is 16.4 Å². The summed E-state index contributed by atoms with van der Waals surface area (Å²) >= 11 is 0. The second kappa shape index (κ2) is 15.0. The molecular weight excluding hydrogens is 781 g/mol. The molecule has 3 aromatic heterocycles. The highest BCUT2D eigenvalue weighted by Gasteiger charge is 2.59. The maximum absolute atomic E-state index is 15.1. The second-order valence-corrected chi connectivity index (χ2v) is 16.3. The standard InChI is InChI=1S/C45H44N8O8/c1-27-25-45(27,41-47-43(57)61-48-41)53-36-12-11-30(29-14-19-60-20-15-29)23-31(36)24-37(53)40(56)49-16-13-34-35(26-49)46-42(51-18-17-50(44(51)58)32-8-4-3-5-9-32)52(39(34)55)33-10-6-7-28(21-33)22-38(54)59-2/h3-12,21,23-24,27,29H,13-20,22,25-26H2,1-2H3,(H,47,48,57)/t27-,45-/m0/s1. The molecule has 0 spiro atoms. The van der Waals surface area contributed by atoms with Gasteiger partial charge in [0.15, 0.2) is 5.82 Å². The lowest BCUT2D eigenvalue weighted by molar-refractivity contribution is -0.139. The predicted octanol–water partition coefficient (Wildman–Crippen LogP) is 4.90. The summed E-state index contributed by atoms with van der Waals surface area (Å²) in [6, 6.07) is 24.2. The van der Waals surface area contributed by atoms with Crippen LogP contribution in [0.5, 0.6) is 0 Å². The van der Waals surface area contributed by atoms with Crippen LogP contribution < -0.4 is 21.1 Å². The van der Waals surface area contributed by atoms with Gasteiger partial charge in [-0.3, -0.25) is 33.7 Å². The van der Waals surface area contributed by atoms with Gasteiger partial charge in [-0.05, 0) is 91.1 Å². The van der Waals surface area contributed by atoms with E-state index in [0.717, 1.165) is 23.7 Å². The van der Waals surface area contributed by atoms with E-state index in [-0.39, 0.29) is 61.8 Å². The summed E-state index contributed by atoms with van der Waals surface area (Å²) in [6.07, 6.45) is 2.66. The van der Waals surface area contributed by atoms with E-state index in [9.17, 15) is 19.2 Å².